The van der Waals surface area contributed by atoms with Gasteiger partial charge >= 0.3 is 6.09 Å². The van der Waals surface area contributed by atoms with Gasteiger partial charge in [-0.2, -0.15) is 0 Å². The van der Waals surface area contributed by atoms with E-state index in [0.29, 0.717) is 23.3 Å². The molecule has 1 fully saturated rings. The van der Waals surface area contributed by atoms with Crippen molar-refractivity contribution in [3.8, 4) is 0 Å². The average molecular weight is 213 g/mol. The lowest BCUT2D eigenvalue weighted by molar-refractivity contribution is 0.0671. The van der Waals surface area contributed by atoms with Crippen molar-refractivity contribution in [2.45, 2.75) is 47.0 Å². The Morgan fingerprint density at radius 1 is 1.27 bits per heavy atom. The van der Waals surface area contributed by atoms with Crippen molar-refractivity contribution >= 4 is 6.09 Å². The molecule has 0 heterocycles. The summed E-state index contributed by atoms with van der Waals surface area (Å²) in [6.45, 7) is 9.72. The zero-order valence-electron chi connectivity index (χ0n) is 10.3. The summed E-state index contributed by atoms with van der Waals surface area (Å²) in [6.07, 6.45) is 2.56. The molecule has 88 valence electrons. The summed E-state index contributed by atoms with van der Waals surface area (Å²) in [7, 11) is 0. The molecule has 1 aliphatic carbocycles. The van der Waals surface area contributed by atoms with Crippen LogP contribution in [0.1, 0.15) is 47.0 Å². The van der Waals surface area contributed by atoms with Gasteiger partial charge in [-0.15, -0.1) is 0 Å². The lowest BCUT2D eigenvalue weighted by Crippen LogP contribution is -2.39. The van der Waals surface area contributed by atoms with E-state index in [2.05, 4.69) is 33.0 Å². The topological polar surface area (TPSA) is 49.3 Å². The third kappa shape index (κ3) is 4.10. The van der Waals surface area contributed by atoms with Crippen molar-refractivity contribution in [2.24, 2.45) is 16.7 Å². The number of hydrogen-bond acceptors (Lipinski definition) is 1. The Morgan fingerprint density at radius 2 is 1.73 bits per heavy atom. The third-order valence-corrected chi connectivity index (χ3v) is 3.18. The second-order valence-corrected chi connectivity index (χ2v) is 6.47. The highest BCUT2D eigenvalue weighted by Crippen LogP contribution is 2.47. The molecule has 1 rings (SSSR count). The molecule has 0 unspecified atom stereocenters. The van der Waals surface area contributed by atoms with Gasteiger partial charge in [-0.05, 0) is 36.0 Å². The predicted molar refractivity (Wildman–Crippen MR) is 60.9 cm³/mol. The zero-order chi connectivity index (χ0) is 11.7. The molecular formula is C12H23NO2. The second kappa shape index (κ2) is 4.03. The van der Waals surface area contributed by atoms with Crippen molar-refractivity contribution in [1.29, 1.82) is 0 Å². The van der Waals surface area contributed by atoms with Crippen LogP contribution in [-0.4, -0.2) is 17.7 Å². The van der Waals surface area contributed by atoms with Crippen LogP contribution in [0.2, 0.25) is 0 Å². The van der Waals surface area contributed by atoms with Crippen LogP contribution in [0.15, 0.2) is 0 Å². The average Bonchev–Trinajstić information content (AvgIpc) is 1.94. The zero-order valence-corrected chi connectivity index (χ0v) is 10.3. The fourth-order valence-corrected chi connectivity index (χ4v) is 3.45. The van der Waals surface area contributed by atoms with Crippen molar-refractivity contribution in [3.63, 3.8) is 0 Å². The first-order chi connectivity index (χ1) is 6.70. The highest BCUT2D eigenvalue weighted by molar-refractivity contribution is 5.64. The van der Waals surface area contributed by atoms with Gasteiger partial charge in [-0.1, -0.05) is 27.7 Å². The van der Waals surface area contributed by atoms with E-state index < -0.39 is 6.09 Å². The lowest BCUT2D eigenvalue weighted by atomic mass is 9.61. The maximum Gasteiger partial charge on any atom is 0.404 e. The summed E-state index contributed by atoms with van der Waals surface area (Å²) < 4.78 is 0. The molecule has 0 aromatic heterocycles. The number of carbonyl (C=O) groups is 1. The molecule has 0 spiro atoms. The molecule has 0 aromatic rings. The van der Waals surface area contributed by atoms with Crippen LogP contribution in [0, 0.1) is 16.7 Å². The van der Waals surface area contributed by atoms with Crippen LogP contribution in [0.4, 0.5) is 4.79 Å². The van der Waals surface area contributed by atoms with Crippen LogP contribution in [0.5, 0.6) is 0 Å². The van der Waals surface area contributed by atoms with Gasteiger partial charge < -0.3 is 10.4 Å². The summed E-state index contributed by atoms with van der Waals surface area (Å²) in [4.78, 5) is 10.5. The Bertz CT molecular complexity index is 230. The number of amides is 1. The lowest BCUT2D eigenvalue weighted by Gasteiger charge is -2.45. The van der Waals surface area contributed by atoms with Gasteiger partial charge in [-0.25, -0.2) is 4.79 Å². The highest BCUT2D eigenvalue weighted by Gasteiger charge is 2.38. The van der Waals surface area contributed by atoms with Crippen LogP contribution in [0.3, 0.4) is 0 Å². The number of rotatable bonds is 2. The Morgan fingerprint density at radius 3 is 2.13 bits per heavy atom. The SMILES string of the molecule is CC1(C)CC(CNC(=O)O)CC(C)(C)C1. The number of hydrogen-bond donors (Lipinski definition) is 2. The molecule has 3 heteroatoms. The summed E-state index contributed by atoms with van der Waals surface area (Å²) >= 11 is 0. The Hall–Kier alpha value is -0.730. The van der Waals surface area contributed by atoms with Crippen LogP contribution in [-0.2, 0) is 0 Å². The molecule has 2 N–H and O–H groups in total. The molecule has 0 aliphatic heterocycles. The smallest absolute Gasteiger partial charge is 0.404 e. The first-order valence-electron chi connectivity index (χ1n) is 5.67. The van der Waals surface area contributed by atoms with Crippen molar-refractivity contribution in [1.82, 2.24) is 5.32 Å². The standard InChI is InChI=1S/C12H23NO2/c1-11(2)5-9(7-13-10(14)15)6-12(3,4)8-11/h9,13H,5-8H2,1-4H3,(H,14,15). The maximum atomic E-state index is 10.5. The summed E-state index contributed by atoms with van der Waals surface area (Å²) in [5.41, 5.74) is 0.680. The normalized spacial score (nSPS) is 24.8. The second-order valence-electron chi connectivity index (χ2n) is 6.47. The molecule has 0 bridgehead atoms. The van der Waals surface area contributed by atoms with Crippen LogP contribution >= 0.6 is 0 Å². The molecule has 15 heavy (non-hydrogen) atoms. The number of nitrogens with one attached hydrogen (secondary N) is 1. The van der Waals surface area contributed by atoms with E-state index >= 15 is 0 Å². The predicted octanol–water partition coefficient (Wildman–Crippen LogP) is 3.11. The molecule has 0 aromatic carbocycles. The summed E-state index contributed by atoms with van der Waals surface area (Å²) in [5, 5.41) is 11.1. The minimum atomic E-state index is -0.906. The molecular weight excluding hydrogens is 190 g/mol. The molecule has 0 saturated heterocycles. The van der Waals surface area contributed by atoms with Gasteiger partial charge in [0.15, 0.2) is 0 Å². The van der Waals surface area contributed by atoms with Gasteiger partial charge in [0.1, 0.15) is 0 Å². The quantitative estimate of drug-likeness (QED) is 0.740. The largest absolute Gasteiger partial charge is 0.465 e. The minimum absolute atomic E-state index is 0.340. The minimum Gasteiger partial charge on any atom is -0.465 e. The van der Waals surface area contributed by atoms with Crippen LogP contribution < -0.4 is 5.32 Å². The molecule has 3 nitrogen and oxygen atoms in total. The van der Waals surface area contributed by atoms with E-state index in [4.69, 9.17) is 5.11 Å². The van der Waals surface area contributed by atoms with Gasteiger partial charge in [0.2, 0.25) is 0 Å². The van der Waals surface area contributed by atoms with Gasteiger partial charge in [0.05, 0.1) is 0 Å². The molecule has 0 atom stereocenters. The van der Waals surface area contributed by atoms with E-state index in [-0.39, 0.29) is 0 Å². The Labute approximate surface area is 92.3 Å². The number of carboxylic acid groups (broad SMARTS) is 1. The fourth-order valence-electron chi connectivity index (χ4n) is 3.45. The summed E-state index contributed by atoms with van der Waals surface area (Å²) in [6, 6.07) is 0. The van der Waals surface area contributed by atoms with Crippen LogP contribution in [0.25, 0.3) is 0 Å². The van der Waals surface area contributed by atoms with E-state index in [9.17, 15) is 4.79 Å². The summed E-state index contributed by atoms with van der Waals surface area (Å²) in [5.74, 6) is 0.486. The Kier molecular flexibility index (Phi) is 3.31. The van der Waals surface area contributed by atoms with Gasteiger partial charge in [-0.3, -0.25) is 0 Å². The molecule has 1 saturated carbocycles. The first-order valence-corrected chi connectivity index (χ1v) is 5.67. The van der Waals surface area contributed by atoms with E-state index in [0.717, 1.165) is 12.8 Å². The van der Waals surface area contributed by atoms with E-state index in [1.54, 1.807) is 0 Å². The monoisotopic (exact) mass is 213 g/mol. The maximum absolute atomic E-state index is 10.5. The van der Waals surface area contributed by atoms with E-state index in [1.165, 1.54) is 6.42 Å². The first kappa shape index (κ1) is 12.3. The molecule has 0 radical (unpaired) electrons. The van der Waals surface area contributed by atoms with Gasteiger partial charge in [0, 0.05) is 6.54 Å². The van der Waals surface area contributed by atoms with Crippen molar-refractivity contribution in [3.05, 3.63) is 0 Å². The van der Waals surface area contributed by atoms with E-state index in [1.807, 2.05) is 0 Å². The molecule has 1 aliphatic rings. The molecule has 1 amide bonds. The third-order valence-electron chi connectivity index (χ3n) is 3.18. The highest BCUT2D eigenvalue weighted by atomic mass is 16.4. The van der Waals surface area contributed by atoms with Crippen molar-refractivity contribution in [2.75, 3.05) is 6.54 Å². The fraction of sp³-hybridized carbons (Fsp3) is 0.917. The Balaban J connectivity index is 2.55. The van der Waals surface area contributed by atoms with Crippen molar-refractivity contribution < 1.29 is 9.90 Å². The van der Waals surface area contributed by atoms with Gasteiger partial charge in [0.25, 0.3) is 0 Å².